The predicted octanol–water partition coefficient (Wildman–Crippen LogP) is 1.50. The molecule has 1 aliphatic carbocycles. The molecule has 0 spiro atoms. The Morgan fingerprint density at radius 1 is 1.30 bits per heavy atom. The van der Waals surface area contributed by atoms with Crippen LogP contribution in [0.2, 0.25) is 0 Å². The molecule has 2 rings (SSSR count). The normalized spacial score (nSPS) is 21.6. The van der Waals surface area contributed by atoms with E-state index in [2.05, 4.69) is 5.32 Å². The minimum Gasteiger partial charge on any atom is -0.445 e. The Labute approximate surface area is 117 Å². The van der Waals surface area contributed by atoms with Gasteiger partial charge in [0, 0.05) is 0 Å². The number of ether oxygens (including phenoxy) is 1. The summed E-state index contributed by atoms with van der Waals surface area (Å²) >= 11 is 0. The molecule has 0 aliphatic heterocycles. The van der Waals surface area contributed by atoms with Crippen molar-refractivity contribution in [1.29, 1.82) is 0 Å². The maximum atomic E-state index is 11.5. The van der Waals surface area contributed by atoms with Gasteiger partial charge in [0.05, 0.1) is 6.04 Å². The number of alkyl carbamates (subject to hydrolysis) is 1. The molecule has 6 nitrogen and oxygen atoms in total. The number of amides is 1. The van der Waals surface area contributed by atoms with Crippen molar-refractivity contribution < 1.29 is 22.5 Å². The Bertz CT molecular complexity index is 596. The van der Waals surface area contributed by atoms with Gasteiger partial charge in [-0.3, -0.25) is 4.55 Å². The third-order valence-electron chi connectivity index (χ3n) is 2.94. The first-order chi connectivity index (χ1) is 9.45. The molecule has 0 heterocycles. The molecular formula is C13H15NO5S. The number of hydrogen-bond acceptors (Lipinski definition) is 4. The quantitative estimate of drug-likeness (QED) is 0.649. The van der Waals surface area contributed by atoms with Crippen LogP contribution in [0.5, 0.6) is 0 Å². The van der Waals surface area contributed by atoms with Gasteiger partial charge in [-0.1, -0.05) is 42.5 Å². The number of benzene rings is 1. The summed E-state index contributed by atoms with van der Waals surface area (Å²) in [4.78, 5) is 11.5. The van der Waals surface area contributed by atoms with Crippen molar-refractivity contribution in [2.45, 2.75) is 24.3 Å². The highest BCUT2D eigenvalue weighted by molar-refractivity contribution is 7.86. The lowest BCUT2D eigenvalue weighted by atomic mass is 10.2. The molecule has 0 saturated carbocycles. The van der Waals surface area contributed by atoms with E-state index < -0.39 is 27.5 Å². The van der Waals surface area contributed by atoms with Gasteiger partial charge in [0.15, 0.2) is 0 Å². The molecule has 1 aromatic rings. The van der Waals surface area contributed by atoms with Crippen molar-refractivity contribution in [2.75, 3.05) is 0 Å². The number of carbonyl (C=O) groups excluding carboxylic acids is 1. The first-order valence-electron chi connectivity index (χ1n) is 6.07. The fourth-order valence-corrected chi connectivity index (χ4v) is 2.65. The van der Waals surface area contributed by atoms with Gasteiger partial charge in [-0.15, -0.1) is 0 Å². The minimum absolute atomic E-state index is 0.110. The standard InChI is InChI=1S/C13H15NO5S/c15-13(19-9-10-4-2-1-3-5-10)14-11-6-7-12(8-11)20(16,17)18/h1-7,11-12H,8-9H2,(H,14,15)(H,16,17,18)/t11-,12+/m1/s1. The zero-order valence-electron chi connectivity index (χ0n) is 10.6. The van der Waals surface area contributed by atoms with Crippen LogP contribution in [0.4, 0.5) is 4.79 Å². The highest BCUT2D eigenvalue weighted by Gasteiger charge is 2.29. The number of carbonyl (C=O) groups is 1. The molecule has 0 fully saturated rings. The van der Waals surface area contributed by atoms with Gasteiger partial charge >= 0.3 is 6.09 Å². The topological polar surface area (TPSA) is 92.7 Å². The minimum atomic E-state index is -4.11. The number of nitrogens with one attached hydrogen (secondary N) is 1. The molecule has 2 N–H and O–H groups in total. The smallest absolute Gasteiger partial charge is 0.407 e. The molecule has 1 aromatic carbocycles. The van der Waals surface area contributed by atoms with E-state index in [0.717, 1.165) is 5.56 Å². The van der Waals surface area contributed by atoms with E-state index in [1.807, 2.05) is 30.3 Å². The first-order valence-corrected chi connectivity index (χ1v) is 7.57. The van der Waals surface area contributed by atoms with Gasteiger partial charge in [-0.2, -0.15) is 8.42 Å². The monoisotopic (exact) mass is 297 g/mol. The van der Waals surface area contributed by atoms with Crippen LogP contribution in [0.25, 0.3) is 0 Å². The molecule has 1 aliphatic rings. The van der Waals surface area contributed by atoms with Crippen molar-refractivity contribution in [3.8, 4) is 0 Å². The summed E-state index contributed by atoms with van der Waals surface area (Å²) in [6.45, 7) is 0.144. The average Bonchev–Trinajstić information content (AvgIpc) is 2.86. The van der Waals surface area contributed by atoms with Crippen LogP contribution in [0.3, 0.4) is 0 Å². The first kappa shape index (κ1) is 14.5. The largest absolute Gasteiger partial charge is 0.445 e. The third kappa shape index (κ3) is 4.07. The maximum Gasteiger partial charge on any atom is 0.407 e. The van der Waals surface area contributed by atoms with Gasteiger partial charge in [0.2, 0.25) is 0 Å². The number of rotatable bonds is 4. The van der Waals surface area contributed by atoms with E-state index in [0.29, 0.717) is 0 Å². The van der Waals surface area contributed by atoms with E-state index >= 15 is 0 Å². The highest BCUT2D eigenvalue weighted by atomic mass is 32.2. The Balaban J connectivity index is 1.78. The van der Waals surface area contributed by atoms with Crippen LogP contribution >= 0.6 is 0 Å². The van der Waals surface area contributed by atoms with Gasteiger partial charge in [-0.05, 0) is 12.0 Å². The Morgan fingerprint density at radius 3 is 2.60 bits per heavy atom. The second-order valence-electron chi connectivity index (χ2n) is 4.49. The second-order valence-corrected chi connectivity index (χ2v) is 6.12. The SMILES string of the molecule is O=C(N[C@@H]1C=C[C@H](S(=O)(=O)O)C1)OCc1ccccc1. The van der Waals surface area contributed by atoms with Crippen LogP contribution in [-0.2, 0) is 21.5 Å². The molecule has 108 valence electrons. The van der Waals surface area contributed by atoms with Crippen molar-refractivity contribution in [3.05, 3.63) is 48.0 Å². The zero-order valence-corrected chi connectivity index (χ0v) is 11.4. The predicted molar refractivity (Wildman–Crippen MR) is 72.6 cm³/mol. The molecule has 1 amide bonds. The summed E-state index contributed by atoms with van der Waals surface area (Å²) in [5, 5.41) is 1.56. The maximum absolute atomic E-state index is 11.5. The number of hydrogen-bond donors (Lipinski definition) is 2. The van der Waals surface area contributed by atoms with Crippen molar-refractivity contribution in [3.63, 3.8) is 0 Å². The van der Waals surface area contributed by atoms with Crippen LogP contribution in [-0.4, -0.2) is 30.4 Å². The summed E-state index contributed by atoms with van der Waals surface area (Å²) < 4.78 is 35.8. The summed E-state index contributed by atoms with van der Waals surface area (Å²) in [6.07, 6.45) is 2.37. The second kappa shape index (κ2) is 6.06. The van der Waals surface area contributed by atoms with Crippen LogP contribution in [0.15, 0.2) is 42.5 Å². The molecule has 0 saturated heterocycles. The average molecular weight is 297 g/mol. The van der Waals surface area contributed by atoms with Gasteiger partial charge in [0.25, 0.3) is 10.1 Å². The van der Waals surface area contributed by atoms with Gasteiger partial charge in [0.1, 0.15) is 11.9 Å². The Kier molecular flexibility index (Phi) is 4.41. The molecule has 7 heteroatoms. The molecule has 0 radical (unpaired) electrons. The van der Waals surface area contributed by atoms with E-state index in [1.165, 1.54) is 12.2 Å². The molecule has 0 aromatic heterocycles. The van der Waals surface area contributed by atoms with E-state index in [4.69, 9.17) is 9.29 Å². The molecule has 2 atom stereocenters. The van der Waals surface area contributed by atoms with Crippen molar-refractivity contribution in [1.82, 2.24) is 5.32 Å². The summed E-state index contributed by atoms with van der Waals surface area (Å²) in [5.41, 5.74) is 0.862. The van der Waals surface area contributed by atoms with Crippen molar-refractivity contribution in [2.24, 2.45) is 0 Å². The van der Waals surface area contributed by atoms with E-state index in [9.17, 15) is 13.2 Å². The Morgan fingerprint density at radius 2 is 2.00 bits per heavy atom. The lowest BCUT2D eigenvalue weighted by Gasteiger charge is -2.12. The van der Waals surface area contributed by atoms with Gasteiger partial charge in [-0.25, -0.2) is 4.79 Å². The lowest BCUT2D eigenvalue weighted by Crippen LogP contribution is -2.34. The fourth-order valence-electron chi connectivity index (χ4n) is 1.91. The van der Waals surface area contributed by atoms with E-state index in [1.54, 1.807) is 0 Å². The Hall–Kier alpha value is -1.86. The van der Waals surface area contributed by atoms with Crippen LogP contribution < -0.4 is 5.32 Å². The molecule has 0 bridgehead atoms. The summed E-state index contributed by atoms with van der Waals surface area (Å²) in [5.74, 6) is 0. The summed E-state index contributed by atoms with van der Waals surface area (Å²) in [6, 6.07) is 8.75. The highest BCUT2D eigenvalue weighted by Crippen LogP contribution is 2.17. The molecule has 0 unspecified atom stereocenters. The molecular weight excluding hydrogens is 282 g/mol. The van der Waals surface area contributed by atoms with E-state index in [-0.39, 0.29) is 13.0 Å². The third-order valence-corrected chi connectivity index (χ3v) is 4.06. The lowest BCUT2D eigenvalue weighted by molar-refractivity contribution is 0.137. The summed E-state index contributed by atoms with van der Waals surface area (Å²) in [7, 11) is -4.11. The van der Waals surface area contributed by atoms with Crippen LogP contribution in [0.1, 0.15) is 12.0 Å². The van der Waals surface area contributed by atoms with Crippen molar-refractivity contribution >= 4 is 16.2 Å². The fraction of sp³-hybridized carbons (Fsp3) is 0.308. The zero-order chi connectivity index (χ0) is 14.6. The van der Waals surface area contributed by atoms with Gasteiger partial charge < -0.3 is 10.1 Å². The van der Waals surface area contributed by atoms with Crippen LogP contribution in [0, 0.1) is 0 Å². The molecule has 20 heavy (non-hydrogen) atoms.